The van der Waals surface area contributed by atoms with Gasteiger partial charge in [0.25, 0.3) is 5.91 Å². The average Bonchev–Trinajstić information content (AvgIpc) is 3.34. The summed E-state index contributed by atoms with van der Waals surface area (Å²) >= 11 is 5.14. The molecule has 1 N–H and O–H groups in total. The predicted molar refractivity (Wildman–Crippen MR) is 113 cm³/mol. The Morgan fingerprint density at radius 3 is 2.69 bits per heavy atom. The van der Waals surface area contributed by atoms with Gasteiger partial charge in [0.05, 0.1) is 11.6 Å². The molecule has 0 saturated carbocycles. The van der Waals surface area contributed by atoms with Crippen LogP contribution in [-0.2, 0) is 5.75 Å². The first-order chi connectivity index (χ1) is 12.6. The van der Waals surface area contributed by atoms with Gasteiger partial charge in [0.15, 0.2) is 0 Å². The van der Waals surface area contributed by atoms with E-state index in [1.165, 1.54) is 10.4 Å². The molecule has 0 saturated heterocycles. The van der Waals surface area contributed by atoms with Crippen molar-refractivity contribution >= 4 is 40.3 Å². The zero-order valence-corrected chi connectivity index (χ0v) is 17.3. The van der Waals surface area contributed by atoms with Crippen molar-refractivity contribution in [3.63, 3.8) is 0 Å². The molecule has 0 aliphatic carbocycles. The number of thiophene rings is 2. The number of benzene rings is 1. The van der Waals surface area contributed by atoms with Gasteiger partial charge >= 0.3 is 0 Å². The molecule has 0 aliphatic rings. The highest BCUT2D eigenvalue weighted by atomic mass is 32.2. The Morgan fingerprint density at radius 1 is 1.15 bits per heavy atom. The summed E-state index contributed by atoms with van der Waals surface area (Å²) in [6, 6.07) is 14.3. The monoisotopic (exact) mass is 402 g/mol. The molecule has 1 atom stereocenters. The van der Waals surface area contributed by atoms with Gasteiger partial charge in [0.1, 0.15) is 0 Å². The molecule has 2 heterocycles. The zero-order chi connectivity index (χ0) is 18.4. The second-order valence-corrected chi connectivity index (χ2v) is 8.94. The van der Waals surface area contributed by atoms with Gasteiger partial charge in [0.2, 0.25) is 0 Å². The molecule has 0 radical (unpaired) electrons. The molecule has 3 aromatic rings. The van der Waals surface area contributed by atoms with Crippen molar-refractivity contribution in [2.45, 2.75) is 16.7 Å². The van der Waals surface area contributed by atoms with Crippen LogP contribution in [0.15, 0.2) is 63.5 Å². The molecule has 0 spiro atoms. The Labute approximate surface area is 167 Å². The van der Waals surface area contributed by atoms with Gasteiger partial charge in [-0.3, -0.25) is 4.79 Å². The number of hydrogen-bond acceptors (Lipinski definition) is 5. The number of amides is 1. The molecule has 0 bridgehead atoms. The fourth-order valence-electron chi connectivity index (χ4n) is 2.67. The van der Waals surface area contributed by atoms with Gasteiger partial charge in [-0.2, -0.15) is 11.3 Å². The van der Waals surface area contributed by atoms with E-state index in [1.54, 1.807) is 34.4 Å². The minimum absolute atomic E-state index is 0.0126. The van der Waals surface area contributed by atoms with Crippen molar-refractivity contribution < 1.29 is 4.79 Å². The summed E-state index contributed by atoms with van der Waals surface area (Å²) in [5.74, 6) is 0.873. The highest BCUT2D eigenvalue weighted by Gasteiger charge is 2.17. The molecule has 6 heteroatoms. The van der Waals surface area contributed by atoms with Gasteiger partial charge in [-0.25, -0.2) is 0 Å². The first kappa shape index (κ1) is 19.2. The molecule has 0 aliphatic heterocycles. The minimum Gasteiger partial charge on any atom is -0.350 e. The van der Waals surface area contributed by atoms with Crippen LogP contribution in [0.1, 0.15) is 26.8 Å². The Kier molecular flexibility index (Phi) is 6.91. The fraction of sp³-hybridized carbons (Fsp3) is 0.250. The number of nitrogens with zero attached hydrogens (tertiary/aromatic N) is 1. The predicted octanol–water partition coefficient (Wildman–Crippen LogP) is 5.13. The van der Waals surface area contributed by atoms with E-state index >= 15 is 0 Å². The molecule has 26 heavy (non-hydrogen) atoms. The summed E-state index contributed by atoms with van der Waals surface area (Å²) in [5, 5.41) is 9.41. The van der Waals surface area contributed by atoms with Crippen LogP contribution in [0.4, 0.5) is 0 Å². The second kappa shape index (κ2) is 9.37. The summed E-state index contributed by atoms with van der Waals surface area (Å²) in [6.07, 6.45) is 0. The summed E-state index contributed by atoms with van der Waals surface area (Å²) in [4.78, 5) is 17.3. The van der Waals surface area contributed by atoms with Crippen LogP contribution in [0.3, 0.4) is 0 Å². The lowest BCUT2D eigenvalue weighted by atomic mass is 10.1. The topological polar surface area (TPSA) is 32.3 Å². The highest BCUT2D eigenvalue weighted by Crippen LogP contribution is 2.28. The number of rotatable bonds is 8. The number of thioether (sulfide) groups is 1. The van der Waals surface area contributed by atoms with E-state index in [0.717, 1.165) is 16.2 Å². The van der Waals surface area contributed by atoms with Crippen LogP contribution in [-0.4, -0.2) is 31.4 Å². The van der Waals surface area contributed by atoms with E-state index in [2.05, 4.69) is 44.6 Å². The molecular weight excluding hydrogens is 380 g/mol. The number of likely N-dealkylation sites (N-methyl/N-ethyl adjacent to an activating group) is 1. The third-order valence-electron chi connectivity index (χ3n) is 4.09. The fourth-order valence-corrected chi connectivity index (χ4v) is 5.20. The van der Waals surface area contributed by atoms with Crippen molar-refractivity contribution in [3.05, 3.63) is 74.6 Å². The van der Waals surface area contributed by atoms with E-state index in [0.29, 0.717) is 6.54 Å². The Bertz CT molecular complexity index is 813. The first-order valence-electron chi connectivity index (χ1n) is 8.36. The maximum Gasteiger partial charge on any atom is 0.252 e. The van der Waals surface area contributed by atoms with Crippen LogP contribution in [0.25, 0.3) is 0 Å². The maximum absolute atomic E-state index is 12.8. The Morgan fingerprint density at radius 2 is 2.00 bits per heavy atom. The van der Waals surface area contributed by atoms with Gasteiger partial charge in [-0.05, 0) is 60.1 Å². The summed E-state index contributed by atoms with van der Waals surface area (Å²) in [5.41, 5.74) is 1.98. The lowest BCUT2D eigenvalue weighted by molar-refractivity contribution is 0.0939. The van der Waals surface area contributed by atoms with Crippen molar-refractivity contribution in [1.29, 1.82) is 0 Å². The third kappa shape index (κ3) is 4.98. The lowest BCUT2D eigenvalue weighted by Gasteiger charge is -2.24. The first-order valence-corrected chi connectivity index (χ1v) is 11.2. The molecule has 0 fully saturated rings. The SMILES string of the molecule is CN(C)C(CNC(=O)c1ccccc1SCc1cccs1)c1ccsc1. The molecule has 3 rings (SSSR count). The van der Waals surface area contributed by atoms with E-state index in [9.17, 15) is 4.79 Å². The summed E-state index contributed by atoms with van der Waals surface area (Å²) in [7, 11) is 4.08. The van der Waals surface area contributed by atoms with Crippen molar-refractivity contribution in [1.82, 2.24) is 10.2 Å². The van der Waals surface area contributed by atoms with Crippen LogP contribution >= 0.6 is 34.4 Å². The minimum atomic E-state index is -0.0126. The standard InChI is InChI=1S/C20H22N2OS3/c1-22(2)18(15-9-11-24-13-15)12-21-20(23)17-7-3-4-8-19(17)26-14-16-6-5-10-25-16/h3-11,13,18H,12,14H2,1-2H3,(H,21,23). The van der Waals surface area contributed by atoms with Crippen LogP contribution in [0, 0.1) is 0 Å². The average molecular weight is 403 g/mol. The van der Waals surface area contributed by atoms with Crippen molar-refractivity contribution in [3.8, 4) is 0 Å². The van der Waals surface area contributed by atoms with E-state index < -0.39 is 0 Å². The summed E-state index contributed by atoms with van der Waals surface area (Å²) < 4.78 is 0. The van der Waals surface area contributed by atoms with Gasteiger partial charge in [-0.1, -0.05) is 18.2 Å². The molecular formula is C20H22N2OS3. The quantitative estimate of drug-likeness (QED) is 0.530. The van der Waals surface area contributed by atoms with E-state index in [-0.39, 0.29) is 11.9 Å². The van der Waals surface area contributed by atoms with E-state index in [4.69, 9.17) is 0 Å². The van der Waals surface area contributed by atoms with Crippen LogP contribution in [0.2, 0.25) is 0 Å². The molecule has 2 aromatic heterocycles. The Balaban J connectivity index is 1.65. The van der Waals surface area contributed by atoms with Crippen LogP contribution < -0.4 is 5.32 Å². The molecule has 1 aromatic carbocycles. The molecule has 1 amide bonds. The summed E-state index contributed by atoms with van der Waals surface area (Å²) in [6.45, 7) is 0.590. The van der Waals surface area contributed by atoms with Crippen molar-refractivity contribution in [2.75, 3.05) is 20.6 Å². The third-order valence-corrected chi connectivity index (χ3v) is 6.97. The number of carbonyl (C=O) groups is 1. The van der Waals surface area contributed by atoms with Crippen LogP contribution in [0.5, 0.6) is 0 Å². The van der Waals surface area contributed by atoms with Gasteiger partial charge in [0, 0.05) is 22.1 Å². The molecule has 3 nitrogen and oxygen atoms in total. The van der Waals surface area contributed by atoms with Gasteiger partial charge in [-0.15, -0.1) is 23.1 Å². The number of nitrogens with one attached hydrogen (secondary N) is 1. The number of carbonyl (C=O) groups excluding carboxylic acids is 1. The smallest absolute Gasteiger partial charge is 0.252 e. The molecule has 136 valence electrons. The van der Waals surface area contributed by atoms with Crippen molar-refractivity contribution in [2.24, 2.45) is 0 Å². The van der Waals surface area contributed by atoms with E-state index in [1.807, 2.05) is 38.4 Å². The highest BCUT2D eigenvalue weighted by molar-refractivity contribution is 7.98. The lowest BCUT2D eigenvalue weighted by Crippen LogP contribution is -2.34. The van der Waals surface area contributed by atoms with Gasteiger partial charge < -0.3 is 10.2 Å². The Hall–Kier alpha value is -1.60. The zero-order valence-electron chi connectivity index (χ0n) is 14.8. The second-order valence-electron chi connectivity index (χ2n) is 6.11. The largest absolute Gasteiger partial charge is 0.350 e. The maximum atomic E-state index is 12.8. The number of hydrogen-bond donors (Lipinski definition) is 1. The normalized spacial score (nSPS) is 12.3. The molecule has 1 unspecified atom stereocenters.